The number of nitrogens with zero attached hydrogens (tertiary/aromatic N) is 1. The molecule has 0 fully saturated rings. The molecule has 1 rings (SSSR count). The Bertz CT molecular complexity index is 111. The van der Waals surface area contributed by atoms with Crippen LogP contribution in [-0.2, 0) is 0 Å². The number of aliphatic imine (C=N–C) groups is 1. The lowest BCUT2D eigenvalue weighted by Crippen LogP contribution is -1.66. The average molecular weight is 183 g/mol. The van der Waals surface area contributed by atoms with Gasteiger partial charge in [-0.3, -0.25) is 4.99 Å². The molecule has 13 heavy (non-hydrogen) atoms. The molecule has 0 saturated heterocycles. The third kappa shape index (κ3) is 52.0. The quantitative estimate of drug-likeness (QED) is 0.539. The Labute approximate surface area is 84.0 Å². The van der Waals surface area contributed by atoms with Gasteiger partial charge in [-0.05, 0) is 17.9 Å². The highest BCUT2D eigenvalue weighted by atomic mass is 14.7. The van der Waals surface area contributed by atoms with Gasteiger partial charge in [0.25, 0.3) is 0 Å². The SMILES string of the molecule is C1=CCN=C1.CC(C)C.CC(C)C. The van der Waals surface area contributed by atoms with Crippen LogP contribution < -0.4 is 0 Å². The van der Waals surface area contributed by atoms with Gasteiger partial charge in [0.2, 0.25) is 0 Å². The monoisotopic (exact) mass is 183 g/mol. The molecule has 1 heteroatoms. The summed E-state index contributed by atoms with van der Waals surface area (Å²) in [4.78, 5) is 3.85. The van der Waals surface area contributed by atoms with Crippen LogP contribution in [0.25, 0.3) is 0 Å². The summed E-state index contributed by atoms with van der Waals surface area (Å²) >= 11 is 0. The van der Waals surface area contributed by atoms with E-state index >= 15 is 0 Å². The minimum atomic E-state index is 0.833. The fourth-order valence-electron chi connectivity index (χ4n) is 0.304. The van der Waals surface area contributed by atoms with Gasteiger partial charge < -0.3 is 0 Å². The second-order valence-electron chi connectivity index (χ2n) is 4.41. The van der Waals surface area contributed by atoms with Gasteiger partial charge in [0, 0.05) is 6.21 Å². The first kappa shape index (κ1) is 14.9. The Morgan fingerprint density at radius 3 is 1.38 bits per heavy atom. The zero-order valence-corrected chi connectivity index (χ0v) is 10.0. The highest BCUT2D eigenvalue weighted by Gasteiger charge is 1.72. The lowest BCUT2D eigenvalue weighted by atomic mass is 10.3. The molecule has 0 saturated carbocycles. The smallest absolute Gasteiger partial charge is 0.0573 e. The normalized spacial score (nSPS) is 12.3. The van der Waals surface area contributed by atoms with E-state index in [0.29, 0.717) is 0 Å². The predicted molar refractivity (Wildman–Crippen MR) is 63.5 cm³/mol. The molecule has 78 valence electrons. The highest BCUT2D eigenvalue weighted by molar-refractivity contribution is 5.73. The fourth-order valence-corrected chi connectivity index (χ4v) is 0.304. The molecule has 0 aromatic heterocycles. The lowest BCUT2D eigenvalue weighted by molar-refractivity contribution is 0.736. The molecule has 0 amide bonds. The van der Waals surface area contributed by atoms with Gasteiger partial charge in [0.05, 0.1) is 6.54 Å². The number of hydrogen-bond donors (Lipinski definition) is 0. The van der Waals surface area contributed by atoms with Gasteiger partial charge in [0.15, 0.2) is 0 Å². The van der Waals surface area contributed by atoms with Gasteiger partial charge in [-0.2, -0.15) is 0 Å². The maximum atomic E-state index is 3.85. The standard InChI is InChI=1S/C4H5N.2C4H10/c1-2-4-5-3-1;2*1-4(2)3/h1-3H,4H2;2*4H,1-3H3. The van der Waals surface area contributed by atoms with Gasteiger partial charge in [-0.15, -0.1) is 0 Å². The minimum absolute atomic E-state index is 0.833. The summed E-state index contributed by atoms with van der Waals surface area (Å²) in [7, 11) is 0. The van der Waals surface area contributed by atoms with Crippen LogP contribution in [0, 0.1) is 11.8 Å². The third-order valence-corrected chi connectivity index (χ3v) is 0.538. The molecule has 0 N–H and O–H groups in total. The van der Waals surface area contributed by atoms with E-state index in [1.165, 1.54) is 0 Å². The summed E-state index contributed by atoms with van der Waals surface area (Å²) in [5.74, 6) is 1.67. The van der Waals surface area contributed by atoms with Crippen molar-refractivity contribution in [3.63, 3.8) is 0 Å². The van der Waals surface area contributed by atoms with E-state index in [0.717, 1.165) is 18.4 Å². The molecule has 0 radical (unpaired) electrons. The van der Waals surface area contributed by atoms with Crippen LogP contribution in [-0.4, -0.2) is 12.8 Å². The molecule has 0 aliphatic carbocycles. The van der Waals surface area contributed by atoms with Gasteiger partial charge >= 0.3 is 0 Å². The van der Waals surface area contributed by atoms with Crippen LogP contribution in [0.5, 0.6) is 0 Å². The van der Waals surface area contributed by atoms with Crippen molar-refractivity contribution >= 4 is 6.21 Å². The second-order valence-corrected chi connectivity index (χ2v) is 4.41. The summed E-state index contributed by atoms with van der Waals surface area (Å²) in [6.07, 6.45) is 5.76. The molecule has 0 spiro atoms. The van der Waals surface area contributed by atoms with Crippen molar-refractivity contribution in [1.29, 1.82) is 0 Å². The maximum absolute atomic E-state index is 3.85. The molecular weight excluding hydrogens is 158 g/mol. The number of hydrogen-bond acceptors (Lipinski definition) is 1. The van der Waals surface area contributed by atoms with E-state index in [4.69, 9.17) is 0 Å². The van der Waals surface area contributed by atoms with E-state index in [-0.39, 0.29) is 0 Å². The van der Waals surface area contributed by atoms with Crippen LogP contribution in [0.2, 0.25) is 0 Å². The average Bonchev–Trinajstić information content (AvgIpc) is 2.35. The lowest BCUT2D eigenvalue weighted by Gasteiger charge is -1.79. The van der Waals surface area contributed by atoms with Crippen LogP contribution in [0.4, 0.5) is 0 Å². The van der Waals surface area contributed by atoms with Gasteiger partial charge in [-0.25, -0.2) is 0 Å². The highest BCUT2D eigenvalue weighted by Crippen LogP contribution is 1.81. The minimum Gasteiger partial charge on any atom is -0.289 e. The number of allylic oxidation sites excluding steroid dienone is 1. The first-order valence-corrected chi connectivity index (χ1v) is 5.11. The van der Waals surface area contributed by atoms with Crippen molar-refractivity contribution in [2.45, 2.75) is 41.5 Å². The van der Waals surface area contributed by atoms with Crippen molar-refractivity contribution in [3.05, 3.63) is 12.2 Å². The predicted octanol–water partition coefficient (Wildman–Crippen LogP) is 3.95. The topological polar surface area (TPSA) is 12.4 Å². The molecule has 1 nitrogen and oxygen atoms in total. The van der Waals surface area contributed by atoms with Crippen molar-refractivity contribution in [3.8, 4) is 0 Å². The molecule has 0 bridgehead atoms. The zero-order chi connectivity index (χ0) is 10.7. The summed E-state index contributed by atoms with van der Waals surface area (Å²) in [5, 5.41) is 0. The fraction of sp³-hybridized carbons (Fsp3) is 0.750. The first-order chi connectivity index (χ1) is 5.96. The van der Waals surface area contributed by atoms with Crippen LogP contribution in [0.15, 0.2) is 17.1 Å². The second kappa shape index (κ2) is 11.4. The summed E-state index contributed by atoms with van der Waals surface area (Å²) in [5.41, 5.74) is 0. The van der Waals surface area contributed by atoms with E-state index < -0.39 is 0 Å². The van der Waals surface area contributed by atoms with Crippen LogP contribution in [0.3, 0.4) is 0 Å². The zero-order valence-electron chi connectivity index (χ0n) is 10.0. The molecule has 1 aliphatic rings. The Balaban J connectivity index is 0. The van der Waals surface area contributed by atoms with Crippen molar-refractivity contribution < 1.29 is 0 Å². The summed E-state index contributed by atoms with van der Waals surface area (Å²) in [6, 6.07) is 0. The van der Waals surface area contributed by atoms with E-state index in [2.05, 4.69) is 46.5 Å². The van der Waals surface area contributed by atoms with Crippen LogP contribution >= 0.6 is 0 Å². The maximum Gasteiger partial charge on any atom is 0.0573 e. The van der Waals surface area contributed by atoms with Crippen LogP contribution in [0.1, 0.15) is 41.5 Å². The summed E-state index contributed by atoms with van der Waals surface area (Å²) < 4.78 is 0. The van der Waals surface area contributed by atoms with Crippen molar-refractivity contribution in [2.75, 3.05) is 6.54 Å². The summed E-state index contributed by atoms with van der Waals surface area (Å²) in [6.45, 7) is 13.9. The third-order valence-electron chi connectivity index (χ3n) is 0.538. The molecule has 1 heterocycles. The molecule has 1 aliphatic heterocycles. The Morgan fingerprint density at radius 1 is 0.923 bits per heavy atom. The molecule has 0 aromatic rings. The van der Waals surface area contributed by atoms with E-state index in [9.17, 15) is 0 Å². The molecule has 0 aromatic carbocycles. The van der Waals surface area contributed by atoms with E-state index in [1.54, 1.807) is 6.21 Å². The van der Waals surface area contributed by atoms with Crippen molar-refractivity contribution in [2.24, 2.45) is 16.8 Å². The Kier molecular flexibility index (Phi) is 13.1. The first-order valence-electron chi connectivity index (χ1n) is 5.11. The molecular formula is C12H25N. The molecule has 0 atom stereocenters. The van der Waals surface area contributed by atoms with Gasteiger partial charge in [0.1, 0.15) is 0 Å². The Morgan fingerprint density at radius 2 is 1.31 bits per heavy atom. The number of rotatable bonds is 0. The van der Waals surface area contributed by atoms with Gasteiger partial charge in [-0.1, -0.05) is 47.6 Å². The molecule has 0 unspecified atom stereocenters. The van der Waals surface area contributed by atoms with E-state index in [1.807, 2.05) is 12.2 Å². The van der Waals surface area contributed by atoms with Crippen molar-refractivity contribution in [1.82, 2.24) is 0 Å². The largest absolute Gasteiger partial charge is 0.289 e. The Hall–Kier alpha value is -0.590.